The first kappa shape index (κ1) is 15.1. The van der Waals surface area contributed by atoms with Gasteiger partial charge in [-0.1, -0.05) is 12.1 Å². The summed E-state index contributed by atoms with van der Waals surface area (Å²) in [5.41, 5.74) is 0.898. The van der Waals surface area contributed by atoms with Gasteiger partial charge in [-0.2, -0.15) is 0 Å². The van der Waals surface area contributed by atoms with E-state index < -0.39 is 6.10 Å². The Bertz CT molecular complexity index is 704. The van der Waals surface area contributed by atoms with Crippen LogP contribution in [0.5, 0.6) is 17.4 Å². The van der Waals surface area contributed by atoms with Gasteiger partial charge in [0.05, 0.1) is 7.11 Å². The topological polar surface area (TPSA) is 69.7 Å². The largest absolute Gasteiger partial charge is 0.482 e. The number of benzene rings is 1. The highest BCUT2D eigenvalue weighted by molar-refractivity contribution is 5.82. The smallest absolute Gasteiger partial charge is 0.265 e. The molecule has 0 aliphatic carbocycles. The standard InChI is InChI=1S/C17H18N2O4/c1-11-16(23-14-6-4-3-5-13(14)22-11)17(20)19-10-12-7-8-18-15(9-12)21-2/h3-9,11,16H,10H2,1-2H3,(H,19,20)/t11-,16+/m1/s1. The van der Waals surface area contributed by atoms with Gasteiger partial charge in [0.2, 0.25) is 12.0 Å². The first-order chi connectivity index (χ1) is 11.2. The van der Waals surface area contributed by atoms with Gasteiger partial charge in [-0.3, -0.25) is 4.79 Å². The maximum atomic E-state index is 12.4. The van der Waals surface area contributed by atoms with E-state index in [1.807, 2.05) is 31.2 Å². The van der Waals surface area contributed by atoms with Crippen molar-refractivity contribution in [2.24, 2.45) is 0 Å². The molecule has 0 fully saturated rings. The Kier molecular flexibility index (Phi) is 4.32. The lowest BCUT2D eigenvalue weighted by atomic mass is 10.1. The first-order valence-electron chi connectivity index (χ1n) is 7.36. The molecule has 23 heavy (non-hydrogen) atoms. The molecule has 1 aromatic carbocycles. The molecule has 1 aliphatic rings. The molecule has 1 N–H and O–H groups in total. The minimum absolute atomic E-state index is 0.220. The highest BCUT2D eigenvalue weighted by atomic mass is 16.6. The van der Waals surface area contributed by atoms with Crippen LogP contribution in [0.3, 0.4) is 0 Å². The van der Waals surface area contributed by atoms with Crippen LogP contribution in [0.1, 0.15) is 12.5 Å². The van der Waals surface area contributed by atoms with Crippen molar-refractivity contribution in [1.29, 1.82) is 0 Å². The van der Waals surface area contributed by atoms with Crippen molar-refractivity contribution in [3.63, 3.8) is 0 Å². The molecule has 6 nitrogen and oxygen atoms in total. The molecule has 1 aromatic heterocycles. The third kappa shape index (κ3) is 3.36. The molecule has 0 saturated carbocycles. The maximum Gasteiger partial charge on any atom is 0.265 e. The minimum atomic E-state index is -0.686. The van der Waals surface area contributed by atoms with Crippen LogP contribution in [0.15, 0.2) is 42.6 Å². The van der Waals surface area contributed by atoms with Gasteiger partial charge in [0.15, 0.2) is 11.5 Å². The molecule has 0 unspecified atom stereocenters. The Morgan fingerprint density at radius 1 is 1.26 bits per heavy atom. The van der Waals surface area contributed by atoms with Gasteiger partial charge >= 0.3 is 0 Å². The molecule has 0 saturated heterocycles. The summed E-state index contributed by atoms with van der Waals surface area (Å²) < 4.78 is 16.6. The fraction of sp³-hybridized carbons (Fsp3) is 0.294. The number of ether oxygens (including phenoxy) is 3. The summed E-state index contributed by atoms with van der Waals surface area (Å²) >= 11 is 0. The predicted molar refractivity (Wildman–Crippen MR) is 83.6 cm³/mol. The zero-order chi connectivity index (χ0) is 16.2. The van der Waals surface area contributed by atoms with Crippen molar-refractivity contribution in [3.05, 3.63) is 48.2 Å². The molecular weight excluding hydrogens is 296 g/mol. The van der Waals surface area contributed by atoms with E-state index in [1.165, 1.54) is 0 Å². The number of methoxy groups -OCH3 is 1. The number of para-hydroxylation sites is 2. The minimum Gasteiger partial charge on any atom is -0.482 e. The third-order valence-corrected chi connectivity index (χ3v) is 3.58. The molecule has 6 heteroatoms. The number of hydrogen-bond donors (Lipinski definition) is 1. The molecule has 1 aliphatic heterocycles. The lowest BCUT2D eigenvalue weighted by Crippen LogP contribution is -2.48. The molecule has 1 amide bonds. The molecule has 120 valence electrons. The summed E-state index contributed by atoms with van der Waals surface area (Å²) in [6.45, 7) is 2.18. The third-order valence-electron chi connectivity index (χ3n) is 3.58. The highest BCUT2D eigenvalue weighted by Gasteiger charge is 2.33. The Morgan fingerprint density at radius 3 is 2.74 bits per heavy atom. The second-order valence-electron chi connectivity index (χ2n) is 5.23. The van der Waals surface area contributed by atoms with E-state index in [-0.39, 0.29) is 12.0 Å². The molecular formula is C17H18N2O4. The van der Waals surface area contributed by atoms with Crippen molar-refractivity contribution in [2.75, 3.05) is 7.11 Å². The number of aromatic nitrogens is 1. The molecule has 3 rings (SSSR count). The van der Waals surface area contributed by atoms with Gasteiger partial charge in [-0.25, -0.2) is 4.98 Å². The van der Waals surface area contributed by atoms with E-state index in [4.69, 9.17) is 14.2 Å². The monoisotopic (exact) mass is 314 g/mol. The second kappa shape index (κ2) is 6.56. The normalized spacial score (nSPS) is 19.0. The molecule has 0 radical (unpaired) electrons. The first-order valence-corrected chi connectivity index (χ1v) is 7.36. The number of rotatable bonds is 4. The second-order valence-corrected chi connectivity index (χ2v) is 5.23. The van der Waals surface area contributed by atoms with Crippen LogP contribution >= 0.6 is 0 Å². The fourth-order valence-electron chi connectivity index (χ4n) is 2.37. The van der Waals surface area contributed by atoms with E-state index in [2.05, 4.69) is 10.3 Å². The maximum absolute atomic E-state index is 12.4. The summed E-state index contributed by atoms with van der Waals surface area (Å²) in [6.07, 6.45) is 0.588. The lowest BCUT2D eigenvalue weighted by molar-refractivity contribution is -0.133. The summed E-state index contributed by atoms with van der Waals surface area (Å²) in [5.74, 6) is 1.53. The van der Waals surface area contributed by atoms with E-state index >= 15 is 0 Å². The fourth-order valence-corrected chi connectivity index (χ4v) is 2.37. The summed E-state index contributed by atoms with van der Waals surface area (Å²) in [6, 6.07) is 10.9. The van der Waals surface area contributed by atoms with Crippen molar-refractivity contribution in [2.45, 2.75) is 25.7 Å². The number of pyridine rings is 1. The summed E-state index contributed by atoms with van der Waals surface area (Å²) in [7, 11) is 1.55. The Hall–Kier alpha value is -2.76. The van der Waals surface area contributed by atoms with Crippen LogP contribution in [-0.2, 0) is 11.3 Å². The van der Waals surface area contributed by atoms with E-state index in [0.717, 1.165) is 5.56 Å². The number of fused-ring (bicyclic) bond motifs is 1. The number of amides is 1. The van der Waals surface area contributed by atoms with Crippen LogP contribution in [0.2, 0.25) is 0 Å². The van der Waals surface area contributed by atoms with E-state index in [1.54, 1.807) is 25.4 Å². The van der Waals surface area contributed by atoms with Crippen molar-refractivity contribution in [3.8, 4) is 17.4 Å². The number of carbonyl (C=O) groups is 1. The Morgan fingerprint density at radius 2 is 2.00 bits per heavy atom. The van der Waals surface area contributed by atoms with Gasteiger partial charge < -0.3 is 19.5 Å². The van der Waals surface area contributed by atoms with E-state index in [9.17, 15) is 4.79 Å². The molecule has 2 atom stereocenters. The van der Waals surface area contributed by atoms with Gasteiger partial charge in [0.25, 0.3) is 5.91 Å². The van der Waals surface area contributed by atoms with Gasteiger partial charge in [-0.15, -0.1) is 0 Å². The number of carbonyl (C=O) groups excluding carboxylic acids is 1. The number of nitrogens with one attached hydrogen (secondary N) is 1. The lowest BCUT2D eigenvalue weighted by Gasteiger charge is -2.31. The van der Waals surface area contributed by atoms with Crippen molar-refractivity contribution >= 4 is 5.91 Å². The van der Waals surface area contributed by atoms with Crippen LogP contribution < -0.4 is 19.5 Å². The predicted octanol–water partition coefficient (Wildman–Crippen LogP) is 1.93. The van der Waals surface area contributed by atoms with Crippen LogP contribution in [0.4, 0.5) is 0 Å². The van der Waals surface area contributed by atoms with Gasteiger partial charge in [0.1, 0.15) is 6.10 Å². The van der Waals surface area contributed by atoms with E-state index in [0.29, 0.717) is 23.9 Å². The average molecular weight is 314 g/mol. The Balaban J connectivity index is 1.64. The molecule has 2 heterocycles. The van der Waals surface area contributed by atoms with Crippen molar-refractivity contribution < 1.29 is 19.0 Å². The van der Waals surface area contributed by atoms with Gasteiger partial charge in [-0.05, 0) is 30.7 Å². The zero-order valence-electron chi connectivity index (χ0n) is 13.0. The molecule has 0 spiro atoms. The van der Waals surface area contributed by atoms with Crippen LogP contribution in [0.25, 0.3) is 0 Å². The highest BCUT2D eigenvalue weighted by Crippen LogP contribution is 2.33. The van der Waals surface area contributed by atoms with Gasteiger partial charge in [0, 0.05) is 18.8 Å². The number of hydrogen-bond acceptors (Lipinski definition) is 5. The SMILES string of the molecule is COc1cc(CNC(=O)[C@H]2Oc3ccccc3O[C@@H]2C)ccn1. The van der Waals surface area contributed by atoms with Crippen LogP contribution in [-0.4, -0.2) is 30.2 Å². The quantitative estimate of drug-likeness (QED) is 0.934. The van der Waals surface area contributed by atoms with Crippen LogP contribution in [0, 0.1) is 0 Å². The summed E-state index contributed by atoms with van der Waals surface area (Å²) in [4.78, 5) is 16.4. The summed E-state index contributed by atoms with van der Waals surface area (Å²) in [5, 5.41) is 2.85. The molecule has 2 aromatic rings. The Labute approximate surface area is 134 Å². The number of nitrogens with zero attached hydrogens (tertiary/aromatic N) is 1. The zero-order valence-corrected chi connectivity index (χ0v) is 13.0. The average Bonchev–Trinajstić information content (AvgIpc) is 2.59. The van der Waals surface area contributed by atoms with Crippen molar-refractivity contribution in [1.82, 2.24) is 10.3 Å². The molecule has 0 bridgehead atoms.